The number of nitrogens with one attached hydrogen (secondary N) is 3. The second-order valence-corrected chi connectivity index (χ2v) is 7.43. The quantitative estimate of drug-likeness (QED) is 0.482. The maximum absolute atomic E-state index is 12.6. The number of anilines is 1. The number of rotatable bonds is 5. The van der Waals surface area contributed by atoms with Crippen LogP contribution in [0, 0.1) is 5.92 Å². The van der Waals surface area contributed by atoms with Gasteiger partial charge < -0.3 is 15.6 Å². The third kappa shape index (κ3) is 3.51. The second-order valence-electron chi connectivity index (χ2n) is 7.43. The molecule has 9 nitrogen and oxygen atoms in total. The van der Waals surface area contributed by atoms with Gasteiger partial charge in [-0.3, -0.25) is 14.2 Å². The monoisotopic (exact) mass is 390 g/mol. The van der Waals surface area contributed by atoms with Crippen molar-refractivity contribution in [3.05, 3.63) is 49.1 Å². The molecule has 0 atom stereocenters. The molecule has 148 valence electrons. The summed E-state index contributed by atoms with van der Waals surface area (Å²) >= 11 is 0. The summed E-state index contributed by atoms with van der Waals surface area (Å²) in [5, 5.41) is 7.59. The van der Waals surface area contributed by atoms with Gasteiger partial charge in [0, 0.05) is 30.6 Å². The van der Waals surface area contributed by atoms with Gasteiger partial charge in [-0.15, -0.1) is 0 Å². The molecule has 0 aliphatic heterocycles. The summed E-state index contributed by atoms with van der Waals surface area (Å²) in [6, 6.07) is 2.30. The van der Waals surface area contributed by atoms with Gasteiger partial charge in [-0.1, -0.05) is 0 Å². The Morgan fingerprint density at radius 3 is 2.97 bits per heavy atom. The lowest BCUT2D eigenvalue weighted by atomic mass is 9.85. The molecular weight excluding hydrogens is 368 g/mol. The predicted octanol–water partition coefficient (Wildman–Crippen LogP) is 2.29. The highest BCUT2D eigenvalue weighted by Crippen LogP contribution is 2.28. The minimum absolute atomic E-state index is 0.0478. The summed E-state index contributed by atoms with van der Waals surface area (Å²) in [4.78, 5) is 32.7. The molecule has 5 rings (SSSR count). The van der Waals surface area contributed by atoms with Crippen molar-refractivity contribution in [2.45, 2.75) is 38.3 Å². The van der Waals surface area contributed by atoms with Crippen molar-refractivity contribution in [1.29, 1.82) is 0 Å². The van der Waals surface area contributed by atoms with E-state index in [1.807, 2.05) is 22.9 Å². The molecule has 0 saturated heterocycles. The molecule has 0 unspecified atom stereocenters. The summed E-state index contributed by atoms with van der Waals surface area (Å²) < 4.78 is 1.94. The van der Waals surface area contributed by atoms with Gasteiger partial charge in [0.15, 0.2) is 5.65 Å². The van der Waals surface area contributed by atoms with Gasteiger partial charge >= 0.3 is 0 Å². The minimum atomic E-state index is 0.0478. The van der Waals surface area contributed by atoms with E-state index in [0.29, 0.717) is 12.6 Å². The van der Waals surface area contributed by atoms with Crippen molar-refractivity contribution in [2.24, 2.45) is 5.92 Å². The van der Waals surface area contributed by atoms with Crippen molar-refractivity contribution >= 4 is 28.4 Å². The van der Waals surface area contributed by atoms with E-state index < -0.39 is 0 Å². The number of aromatic amines is 1. The van der Waals surface area contributed by atoms with Gasteiger partial charge in [0.1, 0.15) is 17.8 Å². The lowest BCUT2D eigenvalue weighted by Crippen LogP contribution is -2.36. The van der Waals surface area contributed by atoms with Crippen LogP contribution in [-0.2, 0) is 11.3 Å². The number of amides is 1. The first-order valence-electron chi connectivity index (χ1n) is 9.86. The molecule has 0 aromatic carbocycles. The number of carbonyl (C=O) groups excluding carboxylic acids is 1. The number of imidazole rings is 1. The fourth-order valence-corrected chi connectivity index (χ4v) is 4.03. The topological polar surface area (TPSA) is 113 Å². The molecule has 4 heterocycles. The summed E-state index contributed by atoms with van der Waals surface area (Å²) in [6.07, 6.45) is 14.1. The molecule has 0 spiro atoms. The van der Waals surface area contributed by atoms with E-state index >= 15 is 0 Å². The zero-order valence-corrected chi connectivity index (χ0v) is 15.9. The molecule has 9 heteroatoms. The van der Waals surface area contributed by atoms with Crippen molar-refractivity contribution in [3.8, 4) is 0 Å². The molecule has 3 N–H and O–H groups in total. The first-order valence-corrected chi connectivity index (χ1v) is 9.86. The minimum Gasteiger partial charge on any atom is -0.367 e. The maximum atomic E-state index is 12.6. The van der Waals surface area contributed by atoms with Crippen LogP contribution in [0.3, 0.4) is 0 Å². The van der Waals surface area contributed by atoms with Crippen LogP contribution in [0.4, 0.5) is 5.82 Å². The summed E-state index contributed by atoms with van der Waals surface area (Å²) in [5.41, 5.74) is 2.56. The second kappa shape index (κ2) is 7.50. The third-order valence-corrected chi connectivity index (χ3v) is 5.63. The Balaban J connectivity index is 1.15. The van der Waals surface area contributed by atoms with Crippen molar-refractivity contribution in [2.75, 3.05) is 5.32 Å². The molecule has 4 aromatic rings. The molecule has 1 saturated carbocycles. The van der Waals surface area contributed by atoms with Crippen molar-refractivity contribution in [1.82, 2.24) is 34.6 Å². The molecular formula is C20H22N8O. The Labute approximate surface area is 167 Å². The Bertz CT molecular complexity index is 1140. The van der Waals surface area contributed by atoms with E-state index in [-0.39, 0.29) is 11.8 Å². The van der Waals surface area contributed by atoms with Gasteiger partial charge in [0.2, 0.25) is 5.91 Å². The smallest absolute Gasteiger partial charge is 0.223 e. The van der Waals surface area contributed by atoms with Gasteiger partial charge in [-0.25, -0.2) is 15.0 Å². The summed E-state index contributed by atoms with van der Waals surface area (Å²) in [7, 11) is 0. The van der Waals surface area contributed by atoms with Gasteiger partial charge in [-0.05, 0) is 31.7 Å². The number of hydrogen-bond donors (Lipinski definition) is 3. The zero-order chi connectivity index (χ0) is 19.6. The molecule has 1 aliphatic carbocycles. The van der Waals surface area contributed by atoms with E-state index in [1.54, 1.807) is 24.9 Å². The van der Waals surface area contributed by atoms with Crippen LogP contribution in [0.15, 0.2) is 43.4 Å². The van der Waals surface area contributed by atoms with E-state index in [9.17, 15) is 4.79 Å². The number of H-pyrrole nitrogens is 1. The van der Waals surface area contributed by atoms with Crippen LogP contribution >= 0.6 is 0 Å². The van der Waals surface area contributed by atoms with Crippen LogP contribution < -0.4 is 10.6 Å². The highest BCUT2D eigenvalue weighted by molar-refractivity contribution is 5.86. The average Bonchev–Trinajstić information content (AvgIpc) is 3.40. The molecule has 4 aromatic heterocycles. The Hall–Kier alpha value is -3.49. The van der Waals surface area contributed by atoms with E-state index in [4.69, 9.17) is 0 Å². The van der Waals surface area contributed by atoms with Gasteiger partial charge in [0.05, 0.1) is 30.0 Å². The first kappa shape index (κ1) is 17.6. The van der Waals surface area contributed by atoms with Crippen LogP contribution in [0.1, 0.15) is 31.4 Å². The van der Waals surface area contributed by atoms with Crippen molar-refractivity contribution < 1.29 is 4.79 Å². The molecule has 1 aliphatic rings. The van der Waals surface area contributed by atoms with Crippen LogP contribution in [0.5, 0.6) is 0 Å². The fourth-order valence-electron chi connectivity index (χ4n) is 4.03. The lowest BCUT2D eigenvalue weighted by molar-refractivity contribution is -0.126. The van der Waals surface area contributed by atoms with Gasteiger partial charge in [-0.2, -0.15) is 0 Å². The van der Waals surface area contributed by atoms with Crippen LogP contribution in [-0.4, -0.2) is 41.3 Å². The molecule has 29 heavy (non-hydrogen) atoms. The van der Waals surface area contributed by atoms with Crippen LogP contribution in [0.25, 0.3) is 16.7 Å². The van der Waals surface area contributed by atoms with E-state index in [2.05, 4.69) is 35.6 Å². The third-order valence-electron chi connectivity index (χ3n) is 5.63. The van der Waals surface area contributed by atoms with Gasteiger partial charge in [0.25, 0.3) is 0 Å². The van der Waals surface area contributed by atoms with Crippen LogP contribution in [0.2, 0.25) is 0 Å². The number of aromatic nitrogens is 6. The Morgan fingerprint density at radius 2 is 2.07 bits per heavy atom. The van der Waals surface area contributed by atoms with E-state index in [0.717, 1.165) is 53.9 Å². The molecule has 0 bridgehead atoms. The maximum Gasteiger partial charge on any atom is 0.223 e. The zero-order valence-electron chi connectivity index (χ0n) is 15.9. The number of hydrogen-bond acceptors (Lipinski definition) is 6. The number of fused-ring (bicyclic) bond motifs is 2. The highest BCUT2D eigenvalue weighted by Gasteiger charge is 2.26. The Morgan fingerprint density at radius 1 is 1.17 bits per heavy atom. The molecule has 1 amide bonds. The molecule has 0 radical (unpaired) electrons. The largest absolute Gasteiger partial charge is 0.367 e. The predicted molar refractivity (Wildman–Crippen MR) is 108 cm³/mol. The highest BCUT2D eigenvalue weighted by atomic mass is 16.1. The Kier molecular flexibility index (Phi) is 4.55. The van der Waals surface area contributed by atoms with E-state index in [1.165, 1.54) is 0 Å². The summed E-state index contributed by atoms with van der Waals surface area (Å²) in [6.45, 7) is 0.467. The fraction of sp³-hybridized carbons (Fsp3) is 0.350. The standard InChI is InChI=1S/C20H22N8O/c29-20(24-10-15-9-23-17-11-21-7-8-28(15)17)13-1-3-14(4-2-13)27-19-16-5-6-22-18(16)25-12-26-19/h5-9,11-14H,1-4,10H2,(H,24,29)(H2,22,25,26,27). The first-order chi connectivity index (χ1) is 14.3. The van der Waals surface area contributed by atoms with Crippen molar-refractivity contribution in [3.63, 3.8) is 0 Å². The number of nitrogens with zero attached hydrogens (tertiary/aromatic N) is 5. The lowest BCUT2D eigenvalue weighted by Gasteiger charge is -2.28. The number of carbonyl (C=O) groups is 1. The normalized spacial score (nSPS) is 19.4. The SMILES string of the molecule is O=C(NCc1cnc2cnccn12)C1CCC(Nc2ncnc3[nH]ccc23)CC1. The average molecular weight is 390 g/mol. The summed E-state index contributed by atoms with van der Waals surface area (Å²) in [5.74, 6) is 1.01. The molecule has 1 fully saturated rings.